The largest absolute Gasteiger partial charge is 0.324 e. The molecule has 2 aliphatic heterocycles. The standard InChI is InChI=1S/C14H19BrN4O/c1-18-6-3-14(9-18)4-7-19(10-14)13(20)17-12-2-5-16-8-11(12)15/h2,5,8H,3-4,6-7,9-10H2,1H3,(H,16,17,20). The highest BCUT2D eigenvalue weighted by Gasteiger charge is 2.43. The molecule has 20 heavy (non-hydrogen) atoms. The molecule has 3 heterocycles. The molecule has 0 bridgehead atoms. The Morgan fingerprint density at radius 1 is 1.40 bits per heavy atom. The Kier molecular flexibility index (Phi) is 3.69. The number of likely N-dealkylation sites (tertiary alicyclic amines) is 2. The molecule has 0 radical (unpaired) electrons. The van der Waals surface area contributed by atoms with Gasteiger partial charge in [0, 0.05) is 37.4 Å². The SMILES string of the molecule is CN1CCC2(CCN(C(=O)Nc3ccncc3Br)C2)C1. The number of anilines is 1. The average Bonchev–Trinajstić information content (AvgIpc) is 3.00. The molecule has 1 N–H and O–H groups in total. The van der Waals surface area contributed by atoms with Gasteiger partial charge in [0.2, 0.25) is 0 Å². The first kappa shape index (κ1) is 13.8. The number of urea groups is 1. The van der Waals surface area contributed by atoms with Gasteiger partial charge in [0.15, 0.2) is 0 Å². The number of hydrogen-bond acceptors (Lipinski definition) is 3. The first-order chi connectivity index (χ1) is 9.58. The Morgan fingerprint density at radius 2 is 2.20 bits per heavy atom. The van der Waals surface area contributed by atoms with Gasteiger partial charge in [-0.05, 0) is 48.4 Å². The Hall–Kier alpha value is -1.14. The molecule has 2 amide bonds. The Bertz CT molecular complexity index is 524. The Labute approximate surface area is 127 Å². The number of pyridine rings is 1. The lowest BCUT2D eigenvalue weighted by molar-refractivity contribution is 0.212. The van der Waals surface area contributed by atoms with Crippen molar-refractivity contribution in [3.8, 4) is 0 Å². The van der Waals surface area contributed by atoms with Crippen molar-refractivity contribution in [1.82, 2.24) is 14.8 Å². The molecule has 1 unspecified atom stereocenters. The maximum absolute atomic E-state index is 12.3. The number of hydrogen-bond donors (Lipinski definition) is 1. The summed E-state index contributed by atoms with van der Waals surface area (Å²) in [6.45, 7) is 3.97. The van der Waals surface area contributed by atoms with E-state index in [0.29, 0.717) is 5.41 Å². The van der Waals surface area contributed by atoms with Gasteiger partial charge >= 0.3 is 6.03 Å². The summed E-state index contributed by atoms with van der Waals surface area (Å²) in [4.78, 5) is 20.6. The summed E-state index contributed by atoms with van der Waals surface area (Å²) >= 11 is 3.40. The minimum Gasteiger partial charge on any atom is -0.324 e. The van der Waals surface area contributed by atoms with Gasteiger partial charge in [-0.15, -0.1) is 0 Å². The van der Waals surface area contributed by atoms with Crippen molar-refractivity contribution in [3.05, 3.63) is 22.9 Å². The van der Waals surface area contributed by atoms with Crippen LogP contribution in [0.1, 0.15) is 12.8 Å². The quantitative estimate of drug-likeness (QED) is 0.855. The molecule has 2 aliphatic rings. The number of carbonyl (C=O) groups excluding carboxylic acids is 1. The lowest BCUT2D eigenvalue weighted by Crippen LogP contribution is -2.36. The predicted molar refractivity (Wildman–Crippen MR) is 81.7 cm³/mol. The van der Waals surface area contributed by atoms with E-state index < -0.39 is 0 Å². The summed E-state index contributed by atoms with van der Waals surface area (Å²) in [5.74, 6) is 0. The molecule has 0 aliphatic carbocycles. The zero-order valence-corrected chi connectivity index (χ0v) is 13.2. The van der Waals surface area contributed by atoms with Crippen LogP contribution in [-0.4, -0.2) is 54.0 Å². The fourth-order valence-electron chi connectivity index (χ4n) is 3.27. The van der Waals surface area contributed by atoms with Crippen molar-refractivity contribution in [2.24, 2.45) is 5.41 Å². The topological polar surface area (TPSA) is 48.5 Å². The van der Waals surface area contributed by atoms with Crippen LogP contribution in [0.2, 0.25) is 0 Å². The van der Waals surface area contributed by atoms with Crippen molar-refractivity contribution in [3.63, 3.8) is 0 Å². The first-order valence-corrected chi connectivity index (χ1v) is 7.71. The van der Waals surface area contributed by atoms with Gasteiger partial charge in [-0.1, -0.05) is 0 Å². The van der Waals surface area contributed by atoms with Gasteiger partial charge in [0.1, 0.15) is 0 Å². The lowest BCUT2D eigenvalue weighted by Gasteiger charge is -2.24. The normalized spacial score (nSPS) is 26.4. The van der Waals surface area contributed by atoms with E-state index in [4.69, 9.17) is 0 Å². The van der Waals surface area contributed by atoms with E-state index in [2.05, 4.69) is 38.2 Å². The summed E-state index contributed by atoms with van der Waals surface area (Å²) in [5.41, 5.74) is 1.09. The van der Waals surface area contributed by atoms with Crippen molar-refractivity contribution >= 4 is 27.6 Å². The molecule has 3 rings (SSSR count). The third kappa shape index (κ3) is 2.67. The third-order valence-electron chi connectivity index (χ3n) is 4.37. The van der Waals surface area contributed by atoms with Gasteiger partial charge in [0.05, 0.1) is 10.2 Å². The smallest absolute Gasteiger partial charge is 0.321 e. The zero-order chi connectivity index (χ0) is 14.2. The zero-order valence-electron chi connectivity index (χ0n) is 11.6. The van der Waals surface area contributed by atoms with Gasteiger partial charge in [-0.2, -0.15) is 0 Å². The summed E-state index contributed by atoms with van der Waals surface area (Å²) in [6.07, 6.45) is 5.68. The van der Waals surface area contributed by atoms with Gasteiger partial charge in [0.25, 0.3) is 0 Å². The highest BCUT2D eigenvalue weighted by Crippen LogP contribution is 2.39. The maximum Gasteiger partial charge on any atom is 0.321 e. The van der Waals surface area contributed by atoms with Crippen LogP contribution in [0.3, 0.4) is 0 Å². The summed E-state index contributed by atoms with van der Waals surface area (Å²) in [5, 5.41) is 2.96. The second-order valence-corrected chi connectivity index (χ2v) is 6.80. The van der Waals surface area contributed by atoms with Crippen molar-refractivity contribution < 1.29 is 4.79 Å². The van der Waals surface area contributed by atoms with Crippen LogP contribution in [0.5, 0.6) is 0 Å². The first-order valence-electron chi connectivity index (χ1n) is 6.92. The van der Waals surface area contributed by atoms with E-state index >= 15 is 0 Å². The molecule has 1 spiro atoms. The second-order valence-electron chi connectivity index (χ2n) is 5.95. The van der Waals surface area contributed by atoms with E-state index in [9.17, 15) is 4.79 Å². The number of nitrogens with one attached hydrogen (secondary N) is 1. The molecule has 108 valence electrons. The minimum atomic E-state index is -0.0108. The predicted octanol–water partition coefficient (Wildman–Crippen LogP) is 2.40. The molecule has 5 nitrogen and oxygen atoms in total. The highest BCUT2D eigenvalue weighted by molar-refractivity contribution is 9.10. The number of aromatic nitrogens is 1. The molecular weight excluding hydrogens is 320 g/mol. The van der Waals surface area contributed by atoms with Gasteiger partial charge in [-0.3, -0.25) is 4.98 Å². The monoisotopic (exact) mass is 338 g/mol. The Balaban J connectivity index is 1.63. The van der Waals surface area contributed by atoms with Crippen LogP contribution >= 0.6 is 15.9 Å². The lowest BCUT2D eigenvalue weighted by atomic mass is 9.86. The number of amides is 2. The van der Waals surface area contributed by atoms with E-state index in [-0.39, 0.29) is 6.03 Å². The van der Waals surface area contributed by atoms with E-state index in [1.54, 1.807) is 18.5 Å². The van der Waals surface area contributed by atoms with Crippen LogP contribution in [0.15, 0.2) is 22.9 Å². The summed E-state index contributed by atoms with van der Waals surface area (Å²) in [7, 11) is 2.16. The van der Waals surface area contributed by atoms with Gasteiger partial charge < -0.3 is 15.1 Å². The van der Waals surface area contributed by atoms with E-state index in [0.717, 1.165) is 42.8 Å². The third-order valence-corrected chi connectivity index (χ3v) is 5.00. The Morgan fingerprint density at radius 3 is 2.90 bits per heavy atom. The van der Waals surface area contributed by atoms with Crippen LogP contribution in [-0.2, 0) is 0 Å². The van der Waals surface area contributed by atoms with E-state index in [1.807, 2.05) is 4.90 Å². The van der Waals surface area contributed by atoms with E-state index in [1.165, 1.54) is 6.42 Å². The van der Waals surface area contributed by atoms with Crippen molar-refractivity contribution in [1.29, 1.82) is 0 Å². The van der Waals surface area contributed by atoms with Crippen LogP contribution in [0.4, 0.5) is 10.5 Å². The number of nitrogens with zero attached hydrogens (tertiary/aromatic N) is 3. The number of rotatable bonds is 1. The summed E-state index contributed by atoms with van der Waals surface area (Å²) < 4.78 is 0.808. The highest BCUT2D eigenvalue weighted by atomic mass is 79.9. The van der Waals surface area contributed by atoms with Crippen molar-refractivity contribution in [2.45, 2.75) is 12.8 Å². The molecule has 0 aromatic carbocycles. The molecular formula is C14H19BrN4O. The van der Waals surface area contributed by atoms with Crippen LogP contribution in [0.25, 0.3) is 0 Å². The van der Waals surface area contributed by atoms with Crippen LogP contribution in [0, 0.1) is 5.41 Å². The average molecular weight is 339 g/mol. The molecule has 6 heteroatoms. The fourth-order valence-corrected chi connectivity index (χ4v) is 3.62. The minimum absolute atomic E-state index is 0.0108. The number of halogens is 1. The fraction of sp³-hybridized carbons (Fsp3) is 0.571. The molecule has 0 saturated carbocycles. The second kappa shape index (κ2) is 5.33. The maximum atomic E-state index is 12.3. The number of carbonyl (C=O) groups is 1. The van der Waals surface area contributed by atoms with Crippen molar-refractivity contribution in [2.75, 3.05) is 38.5 Å². The molecule has 1 atom stereocenters. The van der Waals surface area contributed by atoms with Crippen LogP contribution < -0.4 is 5.32 Å². The summed E-state index contributed by atoms with van der Waals surface area (Å²) in [6, 6.07) is 1.79. The molecule has 1 aromatic rings. The van der Waals surface area contributed by atoms with Gasteiger partial charge in [-0.25, -0.2) is 4.79 Å². The molecule has 2 saturated heterocycles. The molecule has 1 aromatic heterocycles. The molecule has 2 fully saturated rings.